The quantitative estimate of drug-likeness (QED) is 0.623. The number of carbonyl (C=O) groups excluding carboxylic acids is 1. The highest BCUT2D eigenvalue weighted by Crippen LogP contribution is 2.22. The second-order valence-electron chi connectivity index (χ2n) is 3.97. The van der Waals surface area contributed by atoms with Crippen LogP contribution >= 0.6 is 0 Å². The van der Waals surface area contributed by atoms with E-state index in [2.05, 4.69) is 5.32 Å². The number of amides is 1. The lowest BCUT2D eigenvalue weighted by Crippen LogP contribution is -2.12. The van der Waals surface area contributed by atoms with E-state index >= 15 is 0 Å². The zero-order valence-corrected chi connectivity index (χ0v) is 9.72. The molecule has 1 amide bonds. The third kappa shape index (κ3) is 3.12. The van der Waals surface area contributed by atoms with Crippen LogP contribution in [0.4, 0.5) is 15.8 Å². The van der Waals surface area contributed by atoms with E-state index in [9.17, 15) is 19.4 Å². The lowest BCUT2D eigenvalue weighted by Gasteiger charge is -2.07. The molecule has 0 bridgehead atoms. The van der Waals surface area contributed by atoms with E-state index in [1.165, 1.54) is 18.2 Å². The Labute approximate surface area is 108 Å². The maximum absolute atomic E-state index is 13.1. The van der Waals surface area contributed by atoms with Crippen molar-refractivity contribution in [3.8, 4) is 11.5 Å². The van der Waals surface area contributed by atoms with Crippen LogP contribution in [0.1, 0.15) is 10.4 Å². The van der Waals surface area contributed by atoms with Crippen LogP contribution in [0.2, 0.25) is 0 Å². The van der Waals surface area contributed by atoms with E-state index in [1.54, 1.807) is 0 Å². The fourth-order valence-corrected chi connectivity index (χ4v) is 1.61. The number of hydrogen-bond donors (Lipinski definition) is 4. The second kappa shape index (κ2) is 4.85. The third-order valence-electron chi connectivity index (χ3n) is 2.34. The van der Waals surface area contributed by atoms with Crippen molar-refractivity contribution in [3.63, 3.8) is 0 Å². The summed E-state index contributed by atoms with van der Waals surface area (Å²) >= 11 is 0. The first-order valence-electron chi connectivity index (χ1n) is 5.34. The van der Waals surface area contributed by atoms with Gasteiger partial charge in [-0.3, -0.25) is 4.79 Å². The summed E-state index contributed by atoms with van der Waals surface area (Å²) < 4.78 is 13.1. The Morgan fingerprint density at radius 1 is 1.05 bits per heavy atom. The largest absolute Gasteiger partial charge is 0.508 e. The molecule has 2 aromatic rings. The van der Waals surface area contributed by atoms with Crippen molar-refractivity contribution in [2.75, 3.05) is 11.1 Å². The fourth-order valence-electron chi connectivity index (χ4n) is 1.61. The number of phenolic OH excluding ortho intramolecular Hbond substituents is 2. The van der Waals surface area contributed by atoms with E-state index in [0.717, 1.165) is 18.2 Å². The number of anilines is 2. The summed E-state index contributed by atoms with van der Waals surface area (Å²) in [6.45, 7) is 0. The highest BCUT2D eigenvalue weighted by atomic mass is 19.1. The number of halogens is 1. The van der Waals surface area contributed by atoms with Crippen molar-refractivity contribution in [1.29, 1.82) is 0 Å². The zero-order valence-electron chi connectivity index (χ0n) is 9.72. The van der Waals surface area contributed by atoms with Gasteiger partial charge in [-0.25, -0.2) is 4.39 Å². The average Bonchev–Trinajstić information content (AvgIpc) is 2.25. The van der Waals surface area contributed by atoms with Crippen LogP contribution in [-0.2, 0) is 0 Å². The normalized spacial score (nSPS) is 10.2. The molecule has 2 aromatic carbocycles. The number of benzene rings is 2. The van der Waals surface area contributed by atoms with Crippen molar-refractivity contribution in [2.45, 2.75) is 0 Å². The van der Waals surface area contributed by atoms with Crippen molar-refractivity contribution < 1.29 is 19.4 Å². The van der Waals surface area contributed by atoms with Crippen LogP contribution < -0.4 is 11.1 Å². The number of aromatic hydroxyl groups is 2. The molecular weight excluding hydrogens is 251 g/mol. The predicted octanol–water partition coefficient (Wildman–Crippen LogP) is 2.07. The number of carbonyl (C=O) groups is 1. The minimum absolute atomic E-state index is 0.0420. The van der Waals surface area contributed by atoms with Crippen LogP contribution in [0.25, 0.3) is 0 Å². The lowest BCUT2D eigenvalue weighted by atomic mass is 10.2. The molecule has 0 fully saturated rings. The zero-order chi connectivity index (χ0) is 14.0. The molecule has 0 atom stereocenters. The lowest BCUT2D eigenvalue weighted by molar-refractivity contribution is 0.102. The van der Waals surface area contributed by atoms with E-state index < -0.39 is 11.7 Å². The molecule has 0 aromatic heterocycles. The van der Waals surface area contributed by atoms with Gasteiger partial charge in [0.15, 0.2) is 0 Å². The minimum Gasteiger partial charge on any atom is -0.508 e. The van der Waals surface area contributed by atoms with Gasteiger partial charge in [0.2, 0.25) is 0 Å². The van der Waals surface area contributed by atoms with Gasteiger partial charge >= 0.3 is 0 Å². The van der Waals surface area contributed by atoms with Gasteiger partial charge in [0, 0.05) is 23.0 Å². The van der Waals surface area contributed by atoms with Crippen LogP contribution in [0.3, 0.4) is 0 Å². The summed E-state index contributed by atoms with van der Waals surface area (Å²) in [6, 6.07) is 7.07. The van der Waals surface area contributed by atoms with Gasteiger partial charge in [-0.05, 0) is 30.3 Å². The molecule has 0 spiro atoms. The molecule has 0 aliphatic heterocycles. The summed E-state index contributed by atoms with van der Waals surface area (Å²) in [4.78, 5) is 11.8. The van der Waals surface area contributed by atoms with Gasteiger partial charge in [-0.2, -0.15) is 0 Å². The van der Waals surface area contributed by atoms with Gasteiger partial charge in [0.25, 0.3) is 5.91 Å². The van der Waals surface area contributed by atoms with Crippen LogP contribution in [0, 0.1) is 5.82 Å². The number of phenols is 2. The minimum atomic E-state index is -0.601. The summed E-state index contributed by atoms with van der Waals surface area (Å²) in [5, 5.41) is 21.0. The van der Waals surface area contributed by atoms with E-state index in [-0.39, 0.29) is 28.4 Å². The monoisotopic (exact) mass is 262 g/mol. The molecule has 0 aliphatic carbocycles. The summed E-state index contributed by atoms with van der Waals surface area (Å²) in [7, 11) is 0. The van der Waals surface area contributed by atoms with E-state index in [0.29, 0.717) is 0 Å². The summed E-state index contributed by atoms with van der Waals surface area (Å²) in [5.74, 6) is -1.67. The van der Waals surface area contributed by atoms with Gasteiger partial charge < -0.3 is 21.3 Å². The maximum Gasteiger partial charge on any atom is 0.255 e. The topological polar surface area (TPSA) is 95.6 Å². The number of hydrogen-bond acceptors (Lipinski definition) is 4. The van der Waals surface area contributed by atoms with E-state index in [1.807, 2.05) is 0 Å². The molecule has 0 saturated heterocycles. The van der Waals surface area contributed by atoms with Crippen molar-refractivity contribution in [2.24, 2.45) is 0 Å². The Hall–Kier alpha value is -2.76. The molecule has 0 heterocycles. The number of nitrogens with two attached hydrogens (primary N) is 1. The van der Waals surface area contributed by atoms with Gasteiger partial charge in [0.05, 0.1) is 0 Å². The SMILES string of the molecule is Nc1cc(F)cc(NC(=O)c2cc(O)cc(O)c2)c1. The third-order valence-corrected chi connectivity index (χ3v) is 2.34. The smallest absolute Gasteiger partial charge is 0.255 e. The summed E-state index contributed by atoms with van der Waals surface area (Å²) in [5.41, 5.74) is 5.85. The predicted molar refractivity (Wildman–Crippen MR) is 68.5 cm³/mol. The maximum atomic E-state index is 13.1. The molecule has 2 rings (SSSR count). The Bertz CT molecular complexity index is 603. The second-order valence-corrected chi connectivity index (χ2v) is 3.97. The average molecular weight is 262 g/mol. The molecule has 0 radical (unpaired) electrons. The fraction of sp³-hybridized carbons (Fsp3) is 0. The molecule has 0 unspecified atom stereocenters. The highest BCUT2D eigenvalue weighted by Gasteiger charge is 2.10. The number of nitrogen functional groups attached to an aromatic ring is 1. The van der Waals surface area contributed by atoms with Crippen molar-refractivity contribution in [1.82, 2.24) is 0 Å². The Morgan fingerprint density at radius 3 is 2.26 bits per heavy atom. The first-order chi connectivity index (χ1) is 8.94. The molecule has 6 heteroatoms. The molecular formula is C13H11FN2O3. The Balaban J connectivity index is 2.25. The Kier molecular flexibility index (Phi) is 3.24. The first kappa shape index (κ1) is 12.7. The number of nitrogens with one attached hydrogen (secondary N) is 1. The molecule has 98 valence electrons. The molecule has 0 aliphatic rings. The summed E-state index contributed by atoms with van der Waals surface area (Å²) in [6.07, 6.45) is 0. The Morgan fingerprint density at radius 2 is 1.68 bits per heavy atom. The van der Waals surface area contributed by atoms with Gasteiger partial charge in [-0.1, -0.05) is 0 Å². The van der Waals surface area contributed by atoms with Crippen LogP contribution in [0.15, 0.2) is 36.4 Å². The highest BCUT2D eigenvalue weighted by molar-refractivity contribution is 6.05. The standard InChI is InChI=1S/C13H11FN2O3/c14-8-3-9(15)5-10(4-8)16-13(19)7-1-11(17)6-12(18)2-7/h1-6,17-18H,15H2,(H,16,19). The number of rotatable bonds is 2. The molecule has 0 saturated carbocycles. The molecule has 19 heavy (non-hydrogen) atoms. The van der Waals surface area contributed by atoms with E-state index in [4.69, 9.17) is 5.73 Å². The van der Waals surface area contributed by atoms with Crippen molar-refractivity contribution in [3.05, 3.63) is 47.8 Å². The molecule has 5 nitrogen and oxygen atoms in total. The van der Waals surface area contributed by atoms with Crippen LogP contribution in [-0.4, -0.2) is 16.1 Å². The van der Waals surface area contributed by atoms with Crippen molar-refractivity contribution >= 4 is 17.3 Å². The van der Waals surface area contributed by atoms with Gasteiger partial charge in [0.1, 0.15) is 17.3 Å². The van der Waals surface area contributed by atoms with Gasteiger partial charge in [-0.15, -0.1) is 0 Å². The first-order valence-corrected chi connectivity index (χ1v) is 5.34. The molecule has 5 N–H and O–H groups in total. The van der Waals surface area contributed by atoms with Crippen LogP contribution in [0.5, 0.6) is 11.5 Å².